The number of amides is 1. The molecule has 1 N–H and O–H groups in total. The molecule has 0 bridgehead atoms. The molecule has 0 aromatic heterocycles. The van der Waals surface area contributed by atoms with Crippen LogP contribution in [0.3, 0.4) is 0 Å². The second-order valence-corrected chi connectivity index (χ2v) is 5.65. The number of hydrogen-bond donors (Lipinski definition) is 1. The Balaban J connectivity index is 0. The molecule has 2 radical (unpaired) electrons. The zero-order valence-corrected chi connectivity index (χ0v) is 16.2. The molecule has 118 valence electrons. The first-order valence-electron chi connectivity index (χ1n) is 8.49. The van der Waals surface area contributed by atoms with Crippen molar-refractivity contribution in [1.29, 1.82) is 5.26 Å². The molecular formula is C17H32CaN2O. The first kappa shape index (κ1) is 23.5. The SMILES string of the molecule is CCCCCCCCCCCCCCCC(=O)NC#N.[Ca]. The van der Waals surface area contributed by atoms with Crippen molar-refractivity contribution in [2.75, 3.05) is 0 Å². The van der Waals surface area contributed by atoms with Crippen LogP contribution >= 0.6 is 0 Å². The smallest absolute Gasteiger partial charge is 0.232 e. The summed E-state index contributed by atoms with van der Waals surface area (Å²) in [4.78, 5) is 11.0. The Morgan fingerprint density at radius 2 is 1.19 bits per heavy atom. The molecule has 0 heterocycles. The first-order chi connectivity index (χ1) is 9.81. The van der Waals surface area contributed by atoms with E-state index in [-0.39, 0.29) is 43.6 Å². The van der Waals surface area contributed by atoms with Gasteiger partial charge in [-0.05, 0) is 6.42 Å². The van der Waals surface area contributed by atoms with E-state index in [1.165, 1.54) is 70.6 Å². The monoisotopic (exact) mass is 320 g/mol. The molecule has 3 nitrogen and oxygen atoms in total. The van der Waals surface area contributed by atoms with E-state index in [4.69, 9.17) is 5.26 Å². The Morgan fingerprint density at radius 1 is 0.810 bits per heavy atom. The van der Waals surface area contributed by atoms with Gasteiger partial charge in [-0.1, -0.05) is 84.0 Å². The third-order valence-corrected chi connectivity index (χ3v) is 3.70. The first-order valence-corrected chi connectivity index (χ1v) is 8.49. The Bertz CT molecular complexity index is 264. The fourth-order valence-electron chi connectivity index (χ4n) is 2.43. The van der Waals surface area contributed by atoms with Gasteiger partial charge in [0.1, 0.15) is 0 Å². The molecule has 0 atom stereocenters. The van der Waals surface area contributed by atoms with Gasteiger partial charge in [-0.2, -0.15) is 5.26 Å². The third kappa shape index (κ3) is 20.2. The predicted molar refractivity (Wildman–Crippen MR) is 89.8 cm³/mol. The number of nitrogens with one attached hydrogen (secondary N) is 1. The fraction of sp³-hybridized carbons (Fsp3) is 0.882. The van der Waals surface area contributed by atoms with E-state index in [0.717, 1.165) is 12.8 Å². The number of nitriles is 1. The number of rotatable bonds is 14. The topological polar surface area (TPSA) is 52.9 Å². The molecule has 0 rings (SSSR count). The Hall–Kier alpha value is 0.220. The molecule has 0 fully saturated rings. The van der Waals surface area contributed by atoms with Crippen molar-refractivity contribution in [1.82, 2.24) is 5.32 Å². The summed E-state index contributed by atoms with van der Waals surface area (Å²) in [5.41, 5.74) is 0. The van der Waals surface area contributed by atoms with Crippen LogP contribution in [0.4, 0.5) is 0 Å². The van der Waals surface area contributed by atoms with Crippen LogP contribution in [0.15, 0.2) is 0 Å². The van der Waals surface area contributed by atoms with E-state index in [9.17, 15) is 4.79 Å². The summed E-state index contributed by atoms with van der Waals surface area (Å²) in [6.07, 6.45) is 19.1. The third-order valence-electron chi connectivity index (χ3n) is 3.70. The number of carbonyl (C=O) groups excluding carboxylic acids is 1. The maximum absolute atomic E-state index is 11.0. The summed E-state index contributed by atoms with van der Waals surface area (Å²) in [6, 6.07) is 0. The minimum atomic E-state index is -0.143. The molecule has 0 aliphatic rings. The molecule has 0 aliphatic heterocycles. The normalized spacial score (nSPS) is 9.71. The zero-order valence-electron chi connectivity index (χ0n) is 14.0. The van der Waals surface area contributed by atoms with Crippen molar-refractivity contribution < 1.29 is 4.79 Å². The van der Waals surface area contributed by atoms with Gasteiger partial charge in [0.25, 0.3) is 0 Å². The van der Waals surface area contributed by atoms with Crippen LogP contribution in [0.25, 0.3) is 0 Å². The standard InChI is InChI=1S/C17H32N2O.Ca/c1-2-3-4-5-6-7-8-9-10-11-12-13-14-15-17(20)19-16-18;/h2-15H2,1H3,(H,19,20);. The van der Waals surface area contributed by atoms with Gasteiger partial charge in [-0.25, -0.2) is 0 Å². The van der Waals surface area contributed by atoms with Crippen molar-refractivity contribution in [2.45, 2.75) is 96.8 Å². The summed E-state index contributed by atoms with van der Waals surface area (Å²) in [7, 11) is 0. The summed E-state index contributed by atoms with van der Waals surface area (Å²) in [5, 5.41) is 10.4. The van der Waals surface area contributed by atoms with E-state index < -0.39 is 0 Å². The van der Waals surface area contributed by atoms with Gasteiger partial charge in [0.05, 0.1) is 0 Å². The molecular weight excluding hydrogens is 288 g/mol. The van der Waals surface area contributed by atoms with E-state index in [0.29, 0.717) is 6.42 Å². The molecule has 0 unspecified atom stereocenters. The zero-order chi connectivity index (χ0) is 14.9. The number of nitrogens with zero attached hydrogens (tertiary/aromatic N) is 1. The molecule has 0 aliphatic carbocycles. The second-order valence-electron chi connectivity index (χ2n) is 5.65. The van der Waals surface area contributed by atoms with Crippen molar-refractivity contribution in [3.05, 3.63) is 0 Å². The van der Waals surface area contributed by atoms with Crippen LogP contribution in [0.2, 0.25) is 0 Å². The van der Waals surface area contributed by atoms with Gasteiger partial charge in [0, 0.05) is 44.2 Å². The maximum atomic E-state index is 11.0. The van der Waals surface area contributed by atoms with E-state index in [1.807, 2.05) is 0 Å². The molecule has 1 amide bonds. The molecule has 0 aromatic rings. The van der Waals surface area contributed by atoms with E-state index in [2.05, 4.69) is 12.2 Å². The number of carbonyl (C=O) groups is 1. The quantitative estimate of drug-likeness (QED) is 0.218. The van der Waals surface area contributed by atoms with E-state index >= 15 is 0 Å². The van der Waals surface area contributed by atoms with Crippen LogP contribution in [-0.4, -0.2) is 43.6 Å². The Labute approximate surface area is 161 Å². The largest absolute Gasteiger partial charge is 0.274 e. The average Bonchev–Trinajstić information content (AvgIpc) is 2.44. The molecule has 4 heteroatoms. The molecule has 21 heavy (non-hydrogen) atoms. The Morgan fingerprint density at radius 3 is 1.57 bits per heavy atom. The van der Waals surface area contributed by atoms with Crippen molar-refractivity contribution in [3.63, 3.8) is 0 Å². The minimum absolute atomic E-state index is 0. The summed E-state index contributed by atoms with van der Waals surface area (Å²) in [5.74, 6) is -0.143. The van der Waals surface area contributed by atoms with Crippen molar-refractivity contribution >= 4 is 43.6 Å². The van der Waals surface area contributed by atoms with Gasteiger partial charge in [0.2, 0.25) is 5.91 Å². The van der Waals surface area contributed by atoms with E-state index in [1.54, 1.807) is 6.19 Å². The predicted octanol–water partition coefficient (Wildman–Crippen LogP) is 4.68. The summed E-state index contributed by atoms with van der Waals surface area (Å²) in [6.45, 7) is 2.26. The average molecular weight is 321 g/mol. The summed E-state index contributed by atoms with van der Waals surface area (Å²) < 4.78 is 0. The molecule has 0 spiro atoms. The molecule has 0 aromatic carbocycles. The van der Waals surface area contributed by atoms with Crippen LogP contribution in [0, 0.1) is 11.5 Å². The van der Waals surface area contributed by atoms with Gasteiger partial charge < -0.3 is 0 Å². The fourth-order valence-corrected chi connectivity index (χ4v) is 2.43. The van der Waals surface area contributed by atoms with Crippen molar-refractivity contribution in [2.24, 2.45) is 0 Å². The van der Waals surface area contributed by atoms with Gasteiger partial charge in [0.15, 0.2) is 6.19 Å². The number of unbranched alkanes of at least 4 members (excludes halogenated alkanes) is 12. The number of hydrogen-bond acceptors (Lipinski definition) is 2. The van der Waals surface area contributed by atoms with Gasteiger partial charge in [-0.3, -0.25) is 10.1 Å². The van der Waals surface area contributed by atoms with Gasteiger partial charge in [-0.15, -0.1) is 0 Å². The molecule has 0 saturated carbocycles. The second kappa shape index (κ2) is 20.2. The van der Waals surface area contributed by atoms with Crippen LogP contribution in [0.5, 0.6) is 0 Å². The Kier molecular flexibility index (Phi) is 22.6. The van der Waals surface area contributed by atoms with Gasteiger partial charge >= 0.3 is 0 Å². The van der Waals surface area contributed by atoms with Crippen molar-refractivity contribution in [3.8, 4) is 6.19 Å². The molecule has 0 saturated heterocycles. The summed E-state index contributed by atoms with van der Waals surface area (Å²) >= 11 is 0. The van der Waals surface area contributed by atoms with Crippen LogP contribution in [-0.2, 0) is 4.79 Å². The van der Waals surface area contributed by atoms with Crippen LogP contribution in [0.1, 0.15) is 96.8 Å². The maximum Gasteiger partial charge on any atom is 0.232 e. The van der Waals surface area contributed by atoms with Crippen LogP contribution < -0.4 is 5.32 Å². The minimum Gasteiger partial charge on any atom is -0.274 e.